The normalized spacial score (nSPS) is 14.9. The molecule has 142 valence electrons. The summed E-state index contributed by atoms with van der Waals surface area (Å²) in [5.74, 6) is 0.134. The first-order valence-corrected chi connectivity index (χ1v) is 11.1. The summed E-state index contributed by atoms with van der Waals surface area (Å²) in [6.07, 6.45) is 2.09. The predicted molar refractivity (Wildman–Crippen MR) is 112 cm³/mol. The van der Waals surface area contributed by atoms with Gasteiger partial charge in [-0.3, -0.25) is 9.48 Å². The molecule has 0 spiro atoms. The summed E-state index contributed by atoms with van der Waals surface area (Å²) in [7, 11) is 0. The monoisotopic (exact) mass is 401 g/mol. The van der Waals surface area contributed by atoms with Crippen LogP contribution in [0.5, 0.6) is 0 Å². The Morgan fingerprint density at radius 1 is 1.19 bits per heavy atom. The highest BCUT2D eigenvalue weighted by Crippen LogP contribution is 2.32. The second-order valence-corrected chi connectivity index (χ2v) is 8.67. The van der Waals surface area contributed by atoms with Gasteiger partial charge in [-0.05, 0) is 44.4 Å². The van der Waals surface area contributed by atoms with Gasteiger partial charge >= 0.3 is 0 Å². The first-order valence-electron chi connectivity index (χ1n) is 9.02. The lowest BCUT2D eigenvalue weighted by Crippen LogP contribution is -2.49. The van der Waals surface area contributed by atoms with Crippen LogP contribution in [0.2, 0.25) is 0 Å². The Hall–Kier alpha value is -2.06. The van der Waals surface area contributed by atoms with Crippen LogP contribution in [0.1, 0.15) is 11.4 Å². The molecule has 1 saturated heterocycles. The zero-order valence-electron chi connectivity index (χ0n) is 15.8. The first-order chi connectivity index (χ1) is 13.0. The molecule has 1 amide bonds. The van der Waals surface area contributed by atoms with Gasteiger partial charge in [0.2, 0.25) is 5.91 Å². The number of nitrogens with zero attached hydrogens (tertiary/aromatic N) is 5. The first kappa shape index (κ1) is 18.3. The summed E-state index contributed by atoms with van der Waals surface area (Å²) in [5, 5.41) is 5.44. The van der Waals surface area contributed by atoms with E-state index in [1.54, 1.807) is 27.8 Å². The van der Waals surface area contributed by atoms with Crippen LogP contribution in [0.15, 0.2) is 29.2 Å². The maximum Gasteiger partial charge on any atom is 0.244 e. The molecule has 4 rings (SSSR count). The van der Waals surface area contributed by atoms with Crippen LogP contribution in [0.3, 0.4) is 0 Å². The fraction of sp³-hybridized carbons (Fsp3) is 0.421. The van der Waals surface area contributed by atoms with Crippen molar-refractivity contribution in [2.45, 2.75) is 25.3 Å². The number of aryl methyl sites for hydroxylation is 2. The minimum atomic E-state index is 0.134. The molecule has 0 N–H and O–H groups in total. The SMILES string of the molecule is CSc1ccc2nc(N3CCN(C(=O)Cn4nc(C)cc4C)CC3)sc2c1. The fourth-order valence-electron chi connectivity index (χ4n) is 3.37. The van der Waals surface area contributed by atoms with Crippen LogP contribution in [-0.4, -0.2) is 58.0 Å². The van der Waals surface area contributed by atoms with Gasteiger partial charge in [-0.2, -0.15) is 5.10 Å². The van der Waals surface area contributed by atoms with Gasteiger partial charge in [-0.15, -0.1) is 11.8 Å². The molecule has 3 aromatic rings. The van der Waals surface area contributed by atoms with E-state index in [9.17, 15) is 4.79 Å². The smallest absolute Gasteiger partial charge is 0.244 e. The molecule has 8 heteroatoms. The van der Waals surface area contributed by atoms with Crippen LogP contribution in [0.4, 0.5) is 5.13 Å². The number of thiazole rings is 1. The third kappa shape index (κ3) is 3.82. The predicted octanol–water partition coefficient (Wildman–Crippen LogP) is 3.18. The number of benzene rings is 1. The number of anilines is 1. The molecule has 27 heavy (non-hydrogen) atoms. The Labute approximate surface area is 167 Å². The molecule has 2 aromatic heterocycles. The maximum atomic E-state index is 12.6. The molecule has 0 saturated carbocycles. The largest absolute Gasteiger partial charge is 0.345 e. The van der Waals surface area contributed by atoms with Crippen molar-refractivity contribution in [3.05, 3.63) is 35.7 Å². The van der Waals surface area contributed by atoms with Gasteiger partial charge in [-0.1, -0.05) is 11.3 Å². The number of amides is 1. The third-order valence-electron chi connectivity index (χ3n) is 4.88. The third-order valence-corrected chi connectivity index (χ3v) is 6.68. The van der Waals surface area contributed by atoms with Gasteiger partial charge in [-0.25, -0.2) is 4.98 Å². The van der Waals surface area contributed by atoms with E-state index >= 15 is 0 Å². The van der Waals surface area contributed by atoms with E-state index in [4.69, 9.17) is 4.98 Å². The van der Waals surface area contributed by atoms with Crippen molar-refractivity contribution in [1.29, 1.82) is 0 Å². The standard InChI is InChI=1S/C19H23N5OS2/c1-13-10-14(2)24(21-13)12-18(25)22-6-8-23(9-7-22)19-20-16-5-4-15(26-3)11-17(16)27-19/h4-5,10-11H,6-9,12H2,1-3H3. The van der Waals surface area contributed by atoms with Crippen molar-refractivity contribution in [3.8, 4) is 0 Å². The van der Waals surface area contributed by atoms with Gasteiger partial charge in [0.25, 0.3) is 0 Å². The van der Waals surface area contributed by atoms with Crippen molar-refractivity contribution >= 4 is 44.4 Å². The average molecular weight is 402 g/mol. The number of aromatic nitrogens is 3. The second kappa shape index (κ2) is 7.52. The number of carbonyl (C=O) groups is 1. The van der Waals surface area contributed by atoms with Crippen molar-refractivity contribution in [1.82, 2.24) is 19.7 Å². The van der Waals surface area contributed by atoms with Crippen molar-refractivity contribution in [2.75, 3.05) is 37.3 Å². The molecular weight excluding hydrogens is 378 g/mol. The Morgan fingerprint density at radius 2 is 1.96 bits per heavy atom. The van der Waals surface area contributed by atoms with Gasteiger partial charge in [0.15, 0.2) is 5.13 Å². The quantitative estimate of drug-likeness (QED) is 0.629. The lowest BCUT2D eigenvalue weighted by Gasteiger charge is -2.34. The summed E-state index contributed by atoms with van der Waals surface area (Å²) >= 11 is 3.48. The Kier molecular flexibility index (Phi) is 5.10. The molecule has 1 aliphatic heterocycles. The van der Waals surface area contributed by atoms with E-state index < -0.39 is 0 Å². The van der Waals surface area contributed by atoms with Crippen molar-refractivity contribution in [2.24, 2.45) is 0 Å². The Morgan fingerprint density at radius 3 is 2.63 bits per heavy atom. The number of piperazine rings is 1. The highest BCUT2D eigenvalue weighted by atomic mass is 32.2. The van der Waals surface area contributed by atoms with Crippen LogP contribution >= 0.6 is 23.1 Å². The van der Waals surface area contributed by atoms with E-state index in [1.807, 2.05) is 24.8 Å². The summed E-state index contributed by atoms with van der Waals surface area (Å²) in [6, 6.07) is 8.41. The highest BCUT2D eigenvalue weighted by Gasteiger charge is 2.23. The molecule has 6 nitrogen and oxygen atoms in total. The Bertz CT molecular complexity index is 972. The van der Waals surface area contributed by atoms with Gasteiger partial charge in [0.05, 0.1) is 15.9 Å². The lowest BCUT2D eigenvalue weighted by atomic mass is 10.3. The summed E-state index contributed by atoms with van der Waals surface area (Å²) in [5.41, 5.74) is 3.03. The van der Waals surface area contributed by atoms with E-state index in [-0.39, 0.29) is 5.91 Å². The highest BCUT2D eigenvalue weighted by molar-refractivity contribution is 7.98. The van der Waals surface area contributed by atoms with Crippen molar-refractivity contribution < 1.29 is 4.79 Å². The molecule has 0 bridgehead atoms. The van der Waals surface area contributed by atoms with Crippen LogP contribution < -0.4 is 4.90 Å². The molecule has 0 atom stereocenters. The molecule has 0 unspecified atom stereocenters. The number of hydrogen-bond donors (Lipinski definition) is 0. The number of hydrogen-bond acceptors (Lipinski definition) is 6. The molecule has 3 heterocycles. The molecule has 0 aliphatic carbocycles. The van der Waals surface area contributed by atoms with Crippen molar-refractivity contribution in [3.63, 3.8) is 0 Å². The molecule has 1 fully saturated rings. The molecule has 0 radical (unpaired) electrons. The number of thioether (sulfide) groups is 1. The summed E-state index contributed by atoms with van der Waals surface area (Å²) < 4.78 is 3.01. The summed E-state index contributed by atoms with van der Waals surface area (Å²) in [6.45, 7) is 7.34. The lowest BCUT2D eigenvalue weighted by molar-refractivity contribution is -0.132. The zero-order valence-corrected chi connectivity index (χ0v) is 17.4. The fourth-order valence-corrected chi connectivity index (χ4v) is 4.94. The van der Waals surface area contributed by atoms with E-state index in [2.05, 4.69) is 34.5 Å². The van der Waals surface area contributed by atoms with Gasteiger partial charge < -0.3 is 9.80 Å². The minimum Gasteiger partial charge on any atom is -0.345 e. The zero-order chi connectivity index (χ0) is 19.0. The topological polar surface area (TPSA) is 54.3 Å². The van der Waals surface area contributed by atoms with E-state index in [0.29, 0.717) is 6.54 Å². The van der Waals surface area contributed by atoms with Crippen LogP contribution in [-0.2, 0) is 11.3 Å². The average Bonchev–Trinajstić information content (AvgIpc) is 3.23. The number of rotatable bonds is 4. The minimum absolute atomic E-state index is 0.134. The molecular formula is C19H23N5OS2. The van der Waals surface area contributed by atoms with Crippen LogP contribution in [0.25, 0.3) is 10.2 Å². The molecule has 1 aliphatic rings. The number of carbonyl (C=O) groups excluding carboxylic acids is 1. The second-order valence-electron chi connectivity index (χ2n) is 6.78. The molecule has 1 aromatic carbocycles. The Balaban J connectivity index is 1.39. The van der Waals surface area contributed by atoms with Gasteiger partial charge in [0, 0.05) is 36.8 Å². The number of fused-ring (bicyclic) bond motifs is 1. The van der Waals surface area contributed by atoms with Gasteiger partial charge in [0.1, 0.15) is 6.54 Å². The van der Waals surface area contributed by atoms with E-state index in [0.717, 1.165) is 48.2 Å². The summed E-state index contributed by atoms with van der Waals surface area (Å²) in [4.78, 5) is 22.9. The maximum absolute atomic E-state index is 12.6. The van der Waals surface area contributed by atoms with Crippen LogP contribution in [0, 0.1) is 13.8 Å². The van der Waals surface area contributed by atoms with E-state index in [1.165, 1.54) is 9.60 Å².